The molecule has 4 aromatic rings. The molecule has 2 aromatic carbocycles. The predicted molar refractivity (Wildman–Crippen MR) is 146 cm³/mol. The zero-order valence-corrected chi connectivity index (χ0v) is 22.9. The number of H-pyrrole nitrogens is 1. The Morgan fingerprint density at radius 3 is 2.64 bits per heavy atom. The van der Waals surface area contributed by atoms with Crippen LogP contribution in [-0.2, 0) is 28.7 Å². The highest BCUT2D eigenvalue weighted by Crippen LogP contribution is 2.43. The van der Waals surface area contributed by atoms with Crippen LogP contribution in [0.2, 0.25) is 0 Å². The van der Waals surface area contributed by atoms with Gasteiger partial charge >= 0.3 is 17.8 Å². The van der Waals surface area contributed by atoms with Gasteiger partial charge in [-0.25, -0.2) is 23.8 Å². The Balaban J connectivity index is 1.71. The number of hydrogen-bond acceptors (Lipinski definition) is 6. The number of aryl methyl sites for hydroxylation is 3. The average Bonchev–Trinajstić information content (AvgIpc) is 3.35. The number of methoxy groups -OCH3 is 1. The summed E-state index contributed by atoms with van der Waals surface area (Å²) in [7, 11) is 1.19. The topological polar surface area (TPSA) is 108 Å². The van der Waals surface area contributed by atoms with Crippen LogP contribution in [0, 0.1) is 18.3 Å². The van der Waals surface area contributed by atoms with Gasteiger partial charge in [0.1, 0.15) is 6.04 Å². The van der Waals surface area contributed by atoms with Gasteiger partial charge in [0.2, 0.25) is 5.95 Å². The van der Waals surface area contributed by atoms with E-state index in [1.54, 1.807) is 25.1 Å². The first kappa shape index (κ1) is 28.4. The number of allylic oxidation sites excluding steroid dienone is 1. The molecular weight excluding hydrogens is 549 g/mol. The van der Waals surface area contributed by atoms with Crippen molar-refractivity contribution in [1.82, 2.24) is 14.8 Å². The van der Waals surface area contributed by atoms with Crippen molar-refractivity contribution in [3.63, 3.8) is 0 Å². The normalized spacial score (nSPS) is 14.9. The summed E-state index contributed by atoms with van der Waals surface area (Å²) >= 11 is 0. The van der Waals surface area contributed by atoms with Gasteiger partial charge in [0, 0.05) is 29.4 Å². The molecular formula is C30H26F3N6O3+. The lowest BCUT2D eigenvalue weighted by Gasteiger charge is -2.36. The standard InChI is InChI=1S/C30H25F3N6O3/c1-18-6-5-12-37(17-18)13-11-21-14-20(16-34)9-10-24(21)26-25(27(40)42-3)19(2)38(28-35-36-29(41)39(26)28)23-8-4-7-22(15-23)30(31,32)33/h4-10,12,14-15,17,26H,11,13H2,1-3H3/p+1. The molecule has 1 aliphatic heterocycles. The molecule has 1 unspecified atom stereocenters. The molecule has 12 heteroatoms. The molecule has 0 spiro atoms. The number of fused-ring (bicyclic) bond motifs is 1. The number of nitriles is 1. The molecule has 9 nitrogen and oxygen atoms in total. The summed E-state index contributed by atoms with van der Waals surface area (Å²) in [5.74, 6) is -0.769. The van der Waals surface area contributed by atoms with Crippen LogP contribution in [0.1, 0.15) is 40.8 Å². The molecule has 2 aromatic heterocycles. The fourth-order valence-corrected chi connectivity index (χ4v) is 5.28. The van der Waals surface area contributed by atoms with Gasteiger partial charge in [0.05, 0.1) is 29.9 Å². The number of anilines is 2. The van der Waals surface area contributed by atoms with Crippen LogP contribution in [-0.4, -0.2) is 27.8 Å². The molecule has 214 valence electrons. The molecule has 0 bridgehead atoms. The van der Waals surface area contributed by atoms with Gasteiger partial charge in [-0.05, 0) is 61.4 Å². The number of nitrogens with zero attached hydrogens (tertiary/aromatic N) is 5. The highest BCUT2D eigenvalue weighted by Gasteiger charge is 2.41. The van der Waals surface area contributed by atoms with Crippen LogP contribution in [0.25, 0.3) is 0 Å². The van der Waals surface area contributed by atoms with Crippen LogP contribution in [0.5, 0.6) is 0 Å². The van der Waals surface area contributed by atoms with Crippen molar-refractivity contribution in [3.8, 4) is 6.07 Å². The zero-order chi connectivity index (χ0) is 30.2. The Morgan fingerprint density at radius 2 is 1.95 bits per heavy atom. The van der Waals surface area contributed by atoms with Crippen LogP contribution >= 0.6 is 0 Å². The summed E-state index contributed by atoms with van der Waals surface area (Å²) in [6.07, 6.45) is -0.279. The second-order valence-electron chi connectivity index (χ2n) is 9.87. The van der Waals surface area contributed by atoms with Gasteiger partial charge in [0.15, 0.2) is 18.9 Å². The largest absolute Gasteiger partial charge is 0.466 e. The smallest absolute Gasteiger partial charge is 0.416 e. The number of aromatic amines is 1. The number of carbonyl (C=O) groups is 1. The fourth-order valence-electron chi connectivity index (χ4n) is 5.28. The first-order chi connectivity index (χ1) is 20.0. The highest BCUT2D eigenvalue weighted by atomic mass is 19.4. The number of halogens is 3. The van der Waals surface area contributed by atoms with Crippen molar-refractivity contribution < 1.29 is 27.3 Å². The summed E-state index contributed by atoms with van der Waals surface area (Å²) < 4.78 is 49.1. The lowest BCUT2D eigenvalue weighted by Crippen LogP contribution is -2.38. The highest BCUT2D eigenvalue weighted by molar-refractivity contribution is 5.93. The molecule has 1 N–H and O–H groups in total. The van der Waals surface area contributed by atoms with Crippen molar-refractivity contribution in [2.24, 2.45) is 0 Å². The van der Waals surface area contributed by atoms with Gasteiger partial charge in [0.25, 0.3) is 0 Å². The quantitative estimate of drug-likeness (QED) is 0.268. The maximum atomic E-state index is 13.6. The van der Waals surface area contributed by atoms with E-state index in [2.05, 4.69) is 16.3 Å². The van der Waals surface area contributed by atoms with E-state index in [0.29, 0.717) is 29.7 Å². The van der Waals surface area contributed by atoms with Gasteiger partial charge in [-0.1, -0.05) is 12.1 Å². The van der Waals surface area contributed by atoms with Gasteiger partial charge in [-0.3, -0.25) is 4.90 Å². The van der Waals surface area contributed by atoms with E-state index in [4.69, 9.17) is 4.74 Å². The monoisotopic (exact) mass is 575 g/mol. The summed E-state index contributed by atoms with van der Waals surface area (Å²) in [5.41, 5.74) is 1.46. The van der Waals surface area contributed by atoms with E-state index in [1.165, 1.54) is 28.7 Å². The number of rotatable bonds is 6. The van der Waals surface area contributed by atoms with Crippen molar-refractivity contribution in [1.29, 1.82) is 5.26 Å². The first-order valence-corrected chi connectivity index (χ1v) is 13.0. The minimum absolute atomic E-state index is 0.00199. The number of hydrogen-bond donors (Lipinski definition) is 1. The Kier molecular flexibility index (Phi) is 7.43. The number of carbonyl (C=O) groups excluding carboxylic acids is 1. The number of esters is 1. The summed E-state index contributed by atoms with van der Waals surface area (Å²) in [6.45, 7) is 4.07. The minimum Gasteiger partial charge on any atom is -0.466 e. The Hall–Kier alpha value is -5.18. The Morgan fingerprint density at radius 1 is 1.17 bits per heavy atom. The maximum Gasteiger partial charge on any atom is 0.416 e. The van der Waals surface area contributed by atoms with Crippen molar-refractivity contribution in [3.05, 3.63) is 117 Å². The molecule has 42 heavy (non-hydrogen) atoms. The zero-order valence-electron chi connectivity index (χ0n) is 22.9. The van der Waals surface area contributed by atoms with Gasteiger partial charge in [-0.15, -0.1) is 5.10 Å². The lowest BCUT2D eigenvalue weighted by atomic mass is 9.89. The van der Waals surface area contributed by atoms with Crippen LogP contribution in [0.15, 0.2) is 83.1 Å². The molecule has 5 rings (SSSR count). The third-order valence-electron chi connectivity index (χ3n) is 7.19. The lowest BCUT2D eigenvalue weighted by molar-refractivity contribution is -0.696. The average molecular weight is 576 g/mol. The summed E-state index contributed by atoms with van der Waals surface area (Å²) in [4.78, 5) is 28.0. The Labute approximate surface area is 238 Å². The molecule has 1 atom stereocenters. The van der Waals surface area contributed by atoms with Crippen molar-refractivity contribution in [2.45, 2.75) is 39.0 Å². The molecule has 0 fully saturated rings. The molecule has 3 heterocycles. The van der Waals surface area contributed by atoms with E-state index in [0.717, 1.165) is 17.7 Å². The van der Waals surface area contributed by atoms with E-state index in [-0.39, 0.29) is 22.9 Å². The predicted octanol–water partition coefficient (Wildman–Crippen LogP) is 4.49. The number of pyridine rings is 1. The van der Waals surface area contributed by atoms with Crippen LogP contribution < -0.4 is 15.2 Å². The van der Waals surface area contributed by atoms with Crippen LogP contribution in [0.3, 0.4) is 0 Å². The molecule has 0 aliphatic carbocycles. The van der Waals surface area contributed by atoms with E-state index in [9.17, 15) is 28.0 Å². The third-order valence-corrected chi connectivity index (χ3v) is 7.19. The number of alkyl halides is 3. The molecule has 0 radical (unpaired) electrons. The van der Waals surface area contributed by atoms with Crippen molar-refractivity contribution >= 4 is 17.6 Å². The second kappa shape index (κ2) is 11.0. The minimum atomic E-state index is -4.62. The van der Waals surface area contributed by atoms with Crippen LogP contribution in [0.4, 0.5) is 24.8 Å². The molecule has 0 amide bonds. The number of ether oxygens (including phenoxy) is 1. The van der Waals surface area contributed by atoms with Gasteiger partial charge < -0.3 is 4.74 Å². The third kappa shape index (κ3) is 5.16. The van der Waals surface area contributed by atoms with E-state index in [1.807, 2.05) is 36.0 Å². The number of nitrogens with one attached hydrogen (secondary N) is 1. The maximum absolute atomic E-state index is 13.6. The number of aromatic nitrogens is 4. The van der Waals surface area contributed by atoms with Crippen molar-refractivity contribution in [2.75, 3.05) is 12.0 Å². The Bertz CT molecular complexity index is 1820. The SMILES string of the molecule is COC(=O)C1=C(C)N(c2cccc(C(F)(F)F)c2)c2n[nH]c(=O)n2C1c1ccc(C#N)cc1CC[n+]1cccc(C)c1. The first-order valence-electron chi connectivity index (χ1n) is 13.0. The fraction of sp³-hybridized carbons (Fsp3) is 0.233. The van der Waals surface area contributed by atoms with E-state index >= 15 is 0 Å². The number of benzene rings is 2. The second-order valence-corrected chi connectivity index (χ2v) is 9.87. The van der Waals surface area contributed by atoms with Gasteiger partial charge in [-0.2, -0.15) is 18.4 Å². The molecule has 0 saturated heterocycles. The van der Waals surface area contributed by atoms with E-state index < -0.39 is 29.4 Å². The molecule has 0 saturated carbocycles. The summed E-state index contributed by atoms with van der Waals surface area (Å²) in [5, 5.41) is 16.2. The summed E-state index contributed by atoms with van der Waals surface area (Å²) in [6, 6.07) is 14.5. The molecule has 1 aliphatic rings.